The number of ether oxygens (including phenoxy) is 2. The molecular weight excluding hydrogens is 949 g/mol. The number of nitrogens with one attached hydrogen (secondary N) is 5. The minimum atomic E-state index is -0.874. The lowest BCUT2D eigenvalue weighted by Gasteiger charge is -2.31. The molecule has 0 saturated carbocycles. The Bertz CT molecular complexity index is 2760. The molecule has 0 radical (unpaired) electrons. The van der Waals surface area contributed by atoms with Gasteiger partial charge >= 0.3 is 18.2 Å². The van der Waals surface area contributed by atoms with E-state index >= 15 is 0 Å². The predicted molar refractivity (Wildman–Crippen MR) is 268 cm³/mol. The van der Waals surface area contributed by atoms with E-state index in [4.69, 9.17) is 15.2 Å². The van der Waals surface area contributed by atoms with Gasteiger partial charge < -0.3 is 56.2 Å². The van der Waals surface area contributed by atoms with Crippen LogP contribution in [0.2, 0.25) is 0 Å². The highest BCUT2D eigenvalue weighted by Gasteiger charge is 2.37. The Morgan fingerprint density at radius 3 is 2.29 bits per heavy atom. The Hall–Kier alpha value is -6.70. The van der Waals surface area contributed by atoms with Gasteiger partial charge in [0.25, 0.3) is 5.91 Å². The van der Waals surface area contributed by atoms with Crippen LogP contribution in [0.1, 0.15) is 59.8 Å². The second-order valence-electron chi connectivity index (χ2n) is 18.1. The van der Waals surface area contributed by atoms with E-state index in [0.29, 0.717) is 78.4 Å². The Labute approximate surface area is 408 Å². The summed E-state index contributed by atoms with van der Waals surface area (Å²) in [6.07, 6.45) is 0.294. The zero-order valence-corrected chi connectivity index (χ0v) is 40.8. The third-order valence-electron chi connectivity index (χ3n) is 13.2. The quantitative estimate of drug-likeness (QED) is 0.0529. The second kappa shape index (κ2) is 21.3. The average molecular weight is 1010 g/mol. The number of benzene rings is 4. The molecule has 3 atom stereocenters. The number of hydrogen-bond donors (Lipinski definition) is 6. The molecule has 0 unspecified atom stereocenters. The maximum absolute atomic E-state index is 14.6. The van der Waals surface area contributed by atoms with Crippen LogP contribution in [0.15, 0.2) is 72.8 Å². The van der Waals surface area contributed by atoms with Crippen molar-refractivity contribution in [2.24, 2.45) is 11.7 Å². The first-order chi connectivity index (χ1) is 33.2. The van der Waals surface area contributed by atoms with Crippen LogP contribution in [0, 0.1) is 5.92 Å². The van der Waals surface area contributed by atoms with Crippen molar-refractivity contribution in [3.8, 4) is 5.75 Å². The lowest BCUT2D eigenvalue weighted by atomic mass is 9.95. The molecule has 19 heteroatoms. The van der Waals surface area contributed by atoms with Crippen molar-refractivity contribution >= 4 is 90.6 Å². The van der Waals surface area contributed by atoms with Gasteiger partial charge in [-0.05, 0) is 91.7 Å². The number of alkyl halides is 1. The molecule has 69 heavy (non-hydrogen) atoms. The molecule has 7 amide bonds. The summed E-state index contributed by atoms with van der Waals surface area (Å²) in [5, 5.41) is 14.4. The summed E-state index contributed by atoms with van der Waals surface area (Å²) in [5.41, 5.74) is 10.9. The fraction of sp³-hybridized carbons (Fsp3) is 0.400. The van der Waals surface area contributed by atoms with Gasteiger partial charge in [0.15, 0.2) is 0 Å². The van der Waals surface area contributed by atoms with E-state index in [9.17, 15) is 28.8 Å². The third kappa shape index (κ3) is 10.6. The van der Waals surface area contributed by atoms with Crippen LogP contribution in [-0.4, -0.2) is 128 Å². The number of fused-ring (bicyclic) bond motifs is 6. The van der Waals surface area contributed by atoms with E-state index < -0.39 is 36.2 Å². The highest BCUT2D eigenvalue weighted by molar-refractivity contribution is 9.09. The van der Waals surface area contributed by atoms with Gasteiger partial charge in [0.2, 0.25) is 11.8 Å². The topological polar surface area (TPSA) is 224 Å². The van der Waals surface area contributed by atoms with Crippen LogP contribution in [0.3, 0.4) is 0 Å². The maximum atomic E-state index is 14.6. The van der Waals surface area contributed by atoms with Crippen LogP contribution in [0.5, 0.6) is 5.75 Å². The lowest BCUT2D eigenvalue weighted by Crippen LogP contribution is -2.52. The highest BCUT2D eigenvalue weighted by Crippen LogP contribution is 2.46. The number of likely N-dealkylation sites (N-methyl/N-ethyl adjacent to an activating group) is 2. The summed E-state index contributed by atoms with van der Waals surface area (Å²) >= 11 is 3.70. The number of carbonyl (C=O) groups excluding carboxylic acids is 6. The fourth-order valence-corrected chi connectivity index (χ4v) is 10.0. The Morgan fingerprint density at radius 2 is 1.59 bits per heavy atom. The number of urea groups is 1. The molecule has 1 aromatic heterocycles. The van der Waals surface area contributed by atoms with E-state index in [1.54, 1.807) is 46.0 Å². The number of primary amides is 1. The number of carbonyl (C=O) groups is 6. The third-order valence-corrected chi connectivity index (χ3v) is 14.0. The summed E-state index contributed by atoms with van der Waals surface area (Å²) in [7, 11) is 3.71. The lowest BCUT2D eigenvalue weighted by molar-refractivity contribution is -0.128. The molecule has 0 aliphatic carbocycles. The van der Waals surface area contributed by atoms with Crippen molar-refractivity contribution in [3.63, 3.8) is 0 Å². The van der Waals surface area contributed by atoms with Gasteiger partial charge in [-0.1, -0.05) is 66.2 Å². The van der Waals surface area contributed by atoms with Gasteiger partial charge in [0.1, 0.15) is 24.1 Å². The number of hydrogen-bond acceptors (Lipinski definition) is 10. The van der Waals surface area contributed by atoms with Crippen LogP contribution in [0.4, 0.5) is 31.4 Å². The molecule has 0 bridgehead atoms. The molecule has 3 aliphatic rings. The Balaban J connectivity index is 0.925. The molecule has 5 aromatic rings. The van der Waals surface area contributed by atoms with Gasteiger partial charge in [-0.3, -0.25) is 19.3 Å². The van der Waals surface area contributed by atoms with Crippen molar-refractivity contribution in [2.75, 3.05) is 80.4 Å². The van der Waals surface area contributed by atoms with Crippen molar-refractivity contribution in [1.29, 1.82) is 0 Å². The number of aromatic amines is 1. The molecule has 0 spiro atoms. The van der Waals surface area contributed by atoms with Crippen molar-refractivity contribution in [2.45, 2.75) is 57.7 Å². The smallest absolute Gasteiger partial charge is 0.415 e. The minimum absolute atomic E-state index is 0.00151. The van der Waals surface area contributed by atoms with Crippen molar-refractivity contribution in [3.05, 3.63) is 95.2 Å². The SMILES string of the molecule is CN[C@H](C(=O)N[C@@H](CCCNC(N)=O)C(=O)Nc1ccc(COC(=O)N2CCc3c2ccc2[nH]c(C(=O)N4C[C@@H](CBr)c5c4cc(OC(=O)N4CCN(C)CC4)c4ccccc54)cc32)cc1)C(C)C. The minimum Gasteiger partial charge on any atom is -0.444 e. The number of rotatable bonds is 15. The fourth-order valence-electron chi connectivity index (χ4n) is 9.48. The monoisotopic (exact) mass is 1010 g/mol. The van der Waals surface area contributed by atoms with Crippen LogP contribution < -0.4 is 41.5 Å². The summed E-state index contributed by atoms with van der Waals surface area (Å²) in [4.78, 5) is 89.7. The number of nitrogens with two attached hydrogens (primary N) is 1. The molecule has 3 aliphatic heterocycles. The zero-order valence-electron chi connectivity index (χ0n) is 39.2. The Kier molecular flexibility index (Phi) is 15.0. The molecule has 1 fully saturated rings. The first kappa shape index (κ1) is 48.7. The van der Waals surface area contributed by atoms with Crippen LogP contribution in [-0.2, 0) is 27.4 Å². The van der Waals surface area contributed by atoms with Gasteiger partial charge in [-0.15, -0.1) is 0 Å². The number of amides is 7. The number of nitrogens with zero attached hydrogens (tertiary/aromatic N) is 4. The molecule has 4 heterocycles. The number of piperazine rings is 1. The number of H-pyrrole nitrogens is 1. The summed E-state index contributed by atoms with van der Waals surface area (Å²) in [5.74, 6) is -0.567. The number of anilines is 3. The van der Waals surface area contributed by atoms with E-state index in [1.165, 1.54) is 0 Å². The van der Waals surface area contributed by atoms with Crippen LogP contribution >= 0.6 is 15.9 Å². The number of halogens is 1. The first-order valence-corrected chi connectivity index (χ1v) is 24.4. The highest BCUT2D eigenvalue weighted by atomic mass is 79.9. The van der Waals surface area contributed by atoms with E-state index in [1.807, 2.05) is 69.4 Å². The summed E-state index contributed by atoms with van der Waals surface area (Å²) in [6.45, 7) is 7.52. The molecule has 4 aromatic carbocycles. The van der Waals surface area contributed by atoms with E-state index in [2.05, 4.69) is 47.1 Å². The standard InChI is InChI=1S/C50H59BrN10O8/c1-29(2)44(53-3)46(63)57-38(10-7-18-54-48(52)65)45(62)55-32-13-11-30(12-14-32)28-68-50(67)60-19-17-33-36-24-39(56-37(36)15-16-40(33)60)47(64)61-27-31(26-51)43-35-9-6-5-8-34(35)42(25-41(43)61)69-49(66)59-22-20-58(4)21-23-59/h5-6,8-9,11-16,24-25,29,31,38,44,53,56H,7,10,17-23,26-28H2,1-4H3,(H,55,62)(H,57,63)(H3,52,54,65)/t31-,38+,44+/m1/s1. The summed E-state index contributed by atoms with van der Waals surface area (Å²) in [6, 6.07) is 20.1. The molecule has 18 nitrogen and oxygen atoms in total. The molecule has 8 rings (SSSR count). The normalized spacial score (nSPS) is 16.6. The maximum Gasteiger partial charge on any atom is 0.415 e. The van der Waals surface area contributed by atoms with E-state index in [-0.39, 0.29) is 43.2 Å². The molecule has 364 valence electrons. The van der Waals surface area contributed by atoms with Crippen LogP contribution in [0.25, 0.3) is 21.7 Å². The predicted octanol–water partition coefficient (Wildman–Crippen LogP) is 6.02. The second-order valence-corrected chi connectivity index (χ2v) is 18.8. The number of aromatic nitrogens is 1. The van der Waals surface area contributed by atoms with Crippen molar-refractivity contribution < 1.29 is 38.2 Å². The van der Waals surface area contributed by atoms with Gasteiger partial charge in [0, 0.05) is 85.1 Å². The van der Waals surface area contributed by atoms with Crippen molar-refractivity contribution in [1.82, 2.24) is 30.7 Å². The van der Waals surface area contributed by atoms with Gasteiger partial charge in [-0.2, -0.15) is 0 Å². The molecular formula is C50H59BrN10O8. The van der Waals surface area contributed by atoms with Gasteiger partial charge in [0.05, 0.1) is 17.4 Å². The molecule has 7 N–H and O–H groups in total. The largest absolute Gasteiger partial charge is 0.444 e. The summed E-state index contributed by atoms with van der Waals surface area (Å²) < 4.78 is 11.9. The first-order valence-electron chi connectivity index (χ1n) is 23.3. The Morgan fingerprint density at radius 1 is 0.855 bits per heavy atom. The molecule has 1 saturated heterocycles. The van der Waals surface area contributed by atoms with E-state index in [0.717, 1.165) is 45.9 Å². The van der Waals surface area contributed by atoms with Gasteiger partial charge in [-0.25, -0.2) is 14.4 Å². The average Bonchev–Trinajstić information content (AvgIpc) is 4.08. The zero-order chi connectivity index (χ0) is 48.9.